The van der Waals surface area contributed by atoms with Crippen LogP contribution in [0.2, 0.25) is 0 Å². The molecule has 0 bridgehead atoms. The van der Waals surface area contributed by atoms with Crippen molar-refractivity contribution < 1.29 is 27.4 Å². The van der Waals surface area contributed by atoms with Crippen LogP contribution in [0.5, 0.6) is 5.88 Å². The summed E-state index contributed by atoms with van der Waals surface area (Å²) in [5.41, 5.74) is -1.30. The van der Waals surface area contributed by atoms with E-state index in [0.29, 0.717) is 0 Å². The predicted molar refractivity (Wildman–Crippen MR) is 57.8 cm³/mol. The molecule has 0 aromatic carbocycles. The van der Waals surface area contributed by atoms with Gasteiger partial charge in [-0.2, -0.15) is 0 Å². The van der Waals surface area contributed by atoms with Crippen LogP contribution in [0.4, 0.5) is 13.2 Å². The Morgan fingerprint density at radius 1 is 1.47 bits per heavy atom. The molecule has 1 heterocycles. The minimum absolute atomic E-state index is 0.00236. The first-order valence-electron chi connectivity index (χ1n) is 4.01. The molecule has 0 amide bonds. The van der Waals surface area contributed by atoms with Crippen LogP contribution in [0.1, 0.15) is 10.4 Å². The summed E-state index contributed by atoms with van der Waals surface area (Å²) in [6, 6.07) is 0.954. The number of ether oxygens (including phenoxy) is 2. The number of aromatic nitrogens is 1. The maximum Gasteiger partial charge on any atom is 0.574 e. The Hall–Kier alpha value is -1.26. The molecule has 0 atom stereocenters. The van der Waals surface area contributed by atoms with Crippen LogP contribution in [0.3, 0.4) is 0 Å². The lowest BCUT2D eigenvalue weighted by Gasteiger charge is -2.12. The van der Waals surface area contributed by atoms with Crippen molar-refractivity contribution in [1.82, 2.24) is 4.98 Å². The maximum absolute atomic E-state index is 12.1. The number of methoxy groups -OCH3 is 1. The molecule has 0 radical (unpaired) electrons. The molecule has 5 nitrogen and oxygen atoms in total. The number of halogens is 4. The fourth-order valence-corrected chi connectivity index (χ4v) is 1.74. The Morgan fingerprint density at radius 3 is 2.53 bits per heavy atom. The van der Waals surface area contributed by atoms with E-state index < -0.39 is 29.3 Å². The lowest BCUT2D eigenvalue weighted by Crippen LogP contribution is -2.23. The van der Waals surface area contributed by atoms with Gasteiger partial charge in [-0.25, -0.2) is 4.79 Å². The molecule has 0 unspecified atom stereocenters. The summed E-state index contributed by atoms with van der Waals surface area (Å²) in [7, 11) is 1.00. The Bertz CT molecular complexity index is 497. The number of hydrogen-bond donors (Lipinski definition) is 1. The highest BCUT2D eigenvalue weighted by atomic mass is 127. The van der Waals surface area contributed by atoms with Crippen LogP contribution in [0, 0.1) is 3.57 Å². The summed E-state index contributed by atoms with van der Waals surface area (Å²) in [5, 5.41) is 0. The third-order valence-electron chi connectivity index (χ3n) is 1.57. The summed E-state index contributed by atoms with van der Waals surface area (Å²) < 4.78 is 44.0. The lowest BCUT2D eigenvalue weighted by molar-refractivity contribution is -0.276. The van der Waals surface area contributed by atoms with E-state index in [-0.39, 0.29) is 3.57 Å². The molecule has 0 spiro atoms. The van der Waals surface area contributed by atoms with Gasteiger partial charge in [-0.15, -0.1) is 13.2 Å². The molecule has 1 rings (SSSR count). The molecule has 0 saturated heterocycles. The Labute approximate surface area is 106 Å². The second kappa shape index (κ2) is 4.94. The molecule has 17 heavy (non-hydrogen) atoms. The summed E-state index contributed by atoms with van der Waals surface area (Å²) in [5.74, 6) is -2.02. The first kappa shape index (κ1) is 13.8. The van der Waals surface area contributed by atoms with Gasteiger partial charge in [-0.05, 0) is 22.6 Å². The Balaban J connectivity index is 3.35. The number of carbonyl (C=O) groups excluding carboxylic acids is 1. The molecule has 94 valence electrons. The summed E-state index contributed by atoms with van der Waals surface area (Å²) in [6.07, 6.45) is -5.02. The number of carbonyl (C=O) groups is 1. The fourth-order valence-electron chi connectivity index (χ4n) is 0.991. The van der Waals surface area contributed by atoms with Gasteiger partial charge < -0.3 is 9.47 Å². The molecule has 0 aliphatic heterocycles. The van der Waals surface area contributed by atoms with Crippen molar-refractivity contribution >= 4 is 28.6 Å². The van der Waals surface area contributed by atoms with Gasteiger partial charge in [-0.1, -0.05) is 0 Å². The van der Waals surface area contributed by atoms with Crippen molar-refractivity contribution in [2.45, 2.75) is 6.36 Å². The number of alkyl halides is 3. The quantitative estimate of drug-likeness (QED) is 0.641. The van der Waals surface area contributed by atoms with Crippen LogP contribution in [0.15, 0.2) is 10.9 Å². The Morgan fingerprint density at radius 2 is 2.06 bits per heavy atom. The van der Waals surface area contributed by atoms with Crippen LogP contribution in [0.25, 0.3) is 0 Å². The number of pyridine rings is 1. The molecule has 1 aromatic rings. The molecular formula is C8H5F3INO4. The first-order chi connectivity index (χ1) is 7.74. The zero-order valence-corrected chi connectivity index (χ0v) is 10.4. The van der Waals surface area contributed by atoms with Gasteiger partial charge in [0.15, 0.2) is 0 Å². The SMILES string of the molecule is COC(=O)c1c(I)cc(=O)[nH]c1OC(F)(F)F. The van der Waals surface area contributed by atoms with Crippen molar-refractivity contribution in [3.05, 3.63) is 25.6 Å². The van der Waals surface area contributed by atoms with Crippen molar-refractivity contribution in [2.24, 2.45) is 0 Å². The summed E-state index contributed by atoms with van der Waals surface area (Å²) in [4.78, 5) is 24.0. The average molecular weight is 363 g/mol. The topological polar surface area (TPSA) is 68.4 Å². The van der Waals surface area contributed by atoms with Crippen molar-refractivity contribution in [3.8, 4) is 5.88 Å². The largest absolute Gasteiger partial charge is 0.574 e. The van der Waals surface area contributed by atoms with Gasteiger partial charge in [0.25, 0.3) is 5.56 Å². The zero-order chi connectivity index (χ0) is 13.2. The molecule has 0 aliphatic rings. The fraction of sp³-hybridized carbons (Fsp3) is 0.250. The van der Waals surface area contributed by atoms with E-state index in [0.717, 1.165) is 13.2 Å². The standard InChI is InChI=1S/C8H5F3INO4/c1-16-7(15)5-3(12)2-4(14)13-6(5)17-8(9,10)11/h2H,1H3,(H,13,14). The average Bonchev–Trinajstić information content (AvgIpc) is 2.13. The highest BCUT2D eigenvalue weighted by Crippen LogP contribution is 2.26. The van der Waals surface area contributed by atoms with Crippen LogP contribution >= 0.6 is 22.6 Å². The number of hydrogen-bond acceptors (Lipinski definition) is 4. The maximum atomic E-state index is 12.1. The summed E-state index contributed by atoms with van der Waals surface area (Å²) >= 11 is 1.53. The van der Waals surface area contributed by atoms with E-state index in [4.69, 9.17) is 0 Å². The minimum atomic E-state index is -5.02. The first-order valence-corrected chi connectivity index (χ1v) is 5.09. The Kier molecular flexibility index (Phi) is 4.01. The van der Waals surface area contributed by atoms with Gasteiger partial charge in [0.05, 0.1) is 7.11 Å². The van der Waals surface area contributed by atoms with E-state index in [1.165, 1.54) is 22.6 Å². The number of H-pyrrole nitrogens is 1. The van der Waals surface area contributed by atoms with Gasteiger partial charge in [-0.3, -0.25) is 9.78 Å². The van der Waals surface area contributed by atoms with Crippen LogP contribution in [-0.2, 0) is 4.74 Å². The third kappa shape index (κ3) is 3.61. The van der Waals surface area contributed by atoms with Crippen LogP contribution in [-0.4, -0.2) is 24.4 Å². The monoisotopic (exact) mass is 363 g/mol. The second-order valence-corrected chi connectivity index (χ2v) is 3.89. The normalized spacial score (nSPS) is 11.1. The highest BCUT2D eigenvalue weighted by Gasteiger charge is 2.34. The van der Waals surface area contributed by atoms with E-state index in [1.54, 1.807) is 4.98 Å². The van der Waals surface area contributed by atoms with Crippen molar-refractivity contribution in [2.75, 3.05) is 7.11 Å². The molecular weight excluding hydrogens is 358 g/mol. The molecule has 9 heteroatoms. The van der Waals surface area contributed by atoms with Crippen molar-refractivity contribution in [3.63, 3.8) is 0 Å². The third-order valence-corrected chi connectivity index (χ3v) is 2.42. The number of aromatic amines is 1. The van der Waals surface area contributed by atoms with Gasteiger partial charge in [0.2, 0.25) is 5.88 Å². The second-order valence-electron chi connectivity index (χ2n) is 2.73. The highest BCUT2D eigenvalue weighted by molar-refractivity contribution is 14.1. The lowest BCUT2D eigenvalue weighted by atomic mass is 10.3. The number of rotatable bonds is 2. The predicted octanol–water partition coefficient (Wildman–Crippen LogP) is 1.66. The molecule has 1 aromatic heterocycles. The van der Waals surface area contributed by atoms with Gasteiger partial charge in [0.1, 0.15) is 5.56 Å². The minimum Gasteiger partial charge on any atom is -0.465 e. The molecule has 0 aliphatic carbocycles. The summed E-state index contributed by atoms with van der Waals surface area (Å²) in [6.45, 7) is 0. The zero-order valence-electron chi connectivity index (χ0n) is 8.22. The van der Waals surface area contributed by atoms with E-state index >= 15 is 0 Å². The van der Waals surface area contributed by atoms with Gasteiger partial charge >= 0.3 is 12.3 Å². The smallest absolute Gasteiger partial charge is 0.465 e. The van der Waals surface area contributed by atoms with E-state index in [2.05, 4.69) is 9.47 Å². The molecule has 0 fully saturated rings. The van der Waals surface area contributed by atoms with Crippen LogP contribution < -0.4 is 10.3 Å². The number of esters is 1. The molecule has 1 N–H and O–H groups in total. The van der Waals surface area contributed by atoms with E-state index in [9.17, 15) is 22.8 Å². The van der Waals surface area contributed by atoms with E-state index in [1.807, 2.05) is 0 Å². The van der Waals surface area contributed by atoms with Gasteiger partial charge in [0, 0.05) is 9.64 Å². The molecule has 0 saturated carbocycles. The number of nitrogens with one attached hydrogen (secondary N) is 1. The van der Waals surface area contributed by atoms with Crippen molar-refractivity contribution in [1.29, 1.82) is 0 Å².